The highest BCUT2D eigenvalue weighted by Crippen LogP contribution is 2.50. The Morgan fingerprint density at radius 3 is 2.73 bits per heavy atom. The van der Waals surface area contributed by atoms with Crippen molar-refractivity contribution < 1.29 is 5.11 Å². The van der Waals surface area contributed by atoms with E-state index in [4.69, 9.17) is 5.73 Å². The quantitative estimate of drug-likeness (QED) is 0.764. The molecule has 84 valence electrons. The number of nitrogens with two attached hydrogens (primary N) is 1. The normalized spacial score (nSPS) is 21.0. The zero-order valence-corrected chi connectivity index (χ0v) is 9.19. The van der Waals surface area contributed by atoms with Crippen LogP contribution in [0, 0.1) is 5.41 Å². The SMILES string of the molecule is Cn1nccc1C(CN)C1(CO)CCC1. The molecule has 1 heterocycles. The standard InChI is InChI=1S/C11H19N3O/c1-14-10(3-6-13-14)9(7-12)11(8-15)4-2-5-11/h3,6,9,15H,2,4-5,7-8,12H2,1H3. The monoisotopic (exact) mass is 209 g/mol. The number of aliphatic hydroxyl groups is 1. The fourth-order valence-corrected chi connectivity index (χ4v) is 2.66. The van der Waals surface area contributed by atoms with E-state index in [2.05, 4.69) is 5.10 Å². The molecule has 0 saturated heterocycles. The summed E-state index contributed by atoms with van der Waals surface area (Å²) in [5, 5.41) is 13.7. The second-order valence-corrected chi connectivity index (χ2v) is 4.54. The summed E-state index contributed by atoms with van der Waals surface area (Å²) in [5.74, 6) is 0.240. The largest absolute Gasteiger partial charge is 0.396 e. The first-order valence-electron chi connectivity index (χ1n) is 5.52. The predicted octanol–water partition coefficient (Wildman–Crippen LogP) is 0.625. The van der Waals surface area contributed by atoms with Crippen molar-refractivity contribution in [3.63, 3.8) is 0 Å². The first-order chi connectivity index (χ1) is 7.23. The lowest BCUT2D eigenvalue weighted by molar-refractivity contribution is 0.0168. The Labute approximate surface area is 90.1 Å². The van der Waals surface area contributed by atoms with Gasteiger partial charge in [0.2, 0.25) is 0 Å². The summed E-state index contributed by atoms with van der Waals surface area (Å²) < 4.78 is 1.87. The fourth-order valence-electron chi connectivity index (χ4n) is 2.66. The Balaban J connectivity index is 2.27. The van der Waals surface area contributed by atoms with E-state index in [0.29, 0.717) is 6.54 Å². The van der Waals surface area contributed by atoms with Gasteiger partial charge in [0.15, 0.2) is 0 Å². The summed E-state index contributed by atoms with van der Waals surface area (Å²) in [6, 6.07) is 2.01. The first-order valence-corrected chi connectivity index (χ1v) is 5.52. The molecule has 4 nitrogen and oxygen atoms in total. The minimum absolute atomic E-state index is 0.0164. The summed E-state index contributed by atoms with van der Waals surface area (Å²) in [6.07, 6.45) is 5.16. The molecule has 0 spiro atoms. The van der Waals surface area contributed by atoms with Gasteiger partial charge in [-0.15, -0.1) is 0 Å². The topological polar surface area (TPSA) is 64.1 Å². The minimum atomic E-state index is 0.0164. The molecule has 0 bridgehead atoms. The fraction of sp³-hybridized carbons (Fsp3) is 0.727. The molecule has 2 rings (SSSR count). The second-order valence-electron chi connectivity index (χ2n) is 4.54. The van der Waals surface area contributed by atoms with Gasteiger partial charge in [0.05, 0.1) is 0 Å². The van der Waals surface area contributed by atoms with Crippen molar-refractivity contribution in [1.29, 1.82) is 0 Å². The van der Waals surface area contributed by atoms with E-state index in [1.54, 1.807) is 6.20 Å². The maximum atomic E-state index is 9.54. The van der Waals surface area contributed by atoms with Crippen LogP contribution in [0.3, 0.4) is 0 Å². The lowest BCUT2D eigenvalue weighted by Gasteiger charge is -2.46. The molecule has 3 N–H and O–H groups in total. The maximum absolute atomic E-state index is 9.54. The van der Waals surface area contributed by atoms with Crippen LogP contribution in [0.5, 0.6) is 0 Å². The van der Waals surface area contributed by atoms with Gasteiger partial charge in [-0.05, 0) is 18.9 Å². The Kier molecular flexibility index (Phi) is 2.80. The van der Waals surface area contributed by atoms with Gasteiger partial charge >= 0.3 is 0 Å². The van der Waals surface area contributed by atoms with E-state index in [0.717, 1.165) is 18.5 Å². The van der Waals surface area contributed by atoms with Crippen molar-refractivity contribution in [3.05, 3.63) is 18.0 Å². The highest BCUT2D eigenvalue weighted by molar-refractivity contribution is 5.15. The molecule has 4 heteroatoms. The van der Waals surface area contributed by atoms with E-state index >= 15 is 0 Å². The zero-order valence-electron chi connectivity index (χ0n) is 9.19. The number of hydrogen-bond donors (Lipinski definition) is 2. The van der Waals surface area contributed by atoms with Crippen LogP contribution in [-0.4, -0.2) is 28.0 Å². The molecule has 0 aliphatic heterocycles. The highest BCUT2D eigenvalue weighted by atomic mass is 16.3. The second kappa shape index (κ2) is 3.94. The van der Waals surface area contributed by atoms with Crippen molar-refractivity contribution in [2.75, 3.05) is 13.2 Å². The number of nitrogens with zero attached hydrogens (tertiary/aromatic N) is 2. The zero-order chi connectivity index (χ0) is 10.9. The third kappa shape index (κ3) is 1.58. The van der Waals surface area contributed by atoms with E-state index in [1.807, 2.05) is 17.8 Å². The van der Waals surface area contributed by atoms with Crippen molar-refractivity contribution >= 4 is 0 Å². The van der Waals surface area contributed by atoms with Crippen LogP contribution in [-0.2, 0) is 7.05 Å². The third-order valence-corrected chi connectivity index (χ3v) is 3.85. The molecule has 1 aliphatic carbocycles. The molecule has 1 aliphatic rings. The van der Waals surface area contributed by atoms with Crippen molar-refractivity contribution in [1.82, 2.24) is 9.78 Å². The summed E-state index contributed by atoms with van der Waals surface area (Å²) in [7, 11) is 1.93. The van der Waals surface area contributed by atoms with Crippen molar-refractivity contribution in [3.8, 4) is 0 Å². The molecule has 0 aromatic carbocycles. The van der Waals surface area contributed by atoms with Gasteiger partial charge in [0, 0.05) is 43.4 Å². The average molecular weight is 209 g/mol. The minimum Gasteiger partial charge on any atom is -0.396 e. The van der Waals surface area contributed by atoms with Gasteiger partial charge in [0.25, 0.3) is 0 Å². The van der Waals surface area contributed by atoms with E-state index in [9.17, 15) is 5.11 Å². The van der Waals surface area contributed by atoms with Crippen LogP contribution < -0.4 is 5.73 Å². The van der Waals surface area contributed by atoms with Crippen LogP contribution in [0.1, 0.15) is 30.9 Å². The number of aryl methyl sites for hydroxylation is 1. The number of rotatable bonds is 4. The molecule has 0 amide bonds. The summed E-state index contributed by atoms with van der Waals surface area (Å²) in [5.41, 5.74) is 7.01. The highest BCUT2D eigenvalue weighted by Gasteiger charge is 2.44. The van der Waals surface area contributed by atoms with E-state index in [-0.39, 0.29) is 17.9 Å². The third-order valence-electron chi connectivity index (χ3n) is 3.85. The summed E-state index contributed by atoms with van der Waals surface area (Å²) >= 11 is 0. The van der Waals surface area contributed by atoms with Gasteiger partial charge in [0.1, 0.15) is 0 Å². The molecule has 1 aromatic rings. The van der Waals surface area contributed by atoms with Gasteiger partial charge in [-0.2, -0.15) is 5.10 Å². The molecule has 0 radical (unpaired) electrons. The Morgan fingerprint density at radius 1 is 1.67 bits per heavy atom. The predicted molar refractivity (Wildman–Crippen MR) is 58.4 cm³/mol. The van der Waals surface area contributed by atoms with Gasteiger partial charge < -0.3 is 10.8 Å². The number of aromatic nitrogens is 2. The molecule has 15 heavy (non-hydrogen) atoms. The Morgan fingerprint density at radius 2 is 2.40 bits per heavy atom. The molecule has 1 aromatic heterocycles. The number of aliphatic hydroxyl groups excluding tert-OH is 1. The van der Waals surface area contributed by atoms with Crippen LogP contribution in [0.15, 0.2) is 12.3 Å². The Bertz CT molecular complexity index is 325. The molecular weight excluding hydrogens is 190 g/mol. The summed E-state index contributed by atoms with van der Waals surface area (Å²) in [6.45, 7) is 0.820. The lowest BCUT2D eigenvalue weighted by Crippen LogP contribution is -2.43. The van der Waals surface area contributed by atoms with E-state index in [1.165, 1.54) is 6.42 Å². The molecule has 1 fully saturated rings. The van der Waals surface area contributed by atoms with Gasteiger partial charge in [-0.25, -0.2) is 0 Å². The van der Waals surface area contributed by atoms with Crippen LogP contribution in [0.25, 0.3) is 0 Å². The van der Waals surface area contributed by atoms with Crippen molar-refractivity contribution in [2.24, 2.45) is 18.2 Å². The van der Waals surface area contributed by atoms with E-state index < -0.39 is 0 Å². The van der Waals surface area contributed by atoms with Crippen molar-refractivity contribution in [2.45, 2.75) is 25.2 Å². The number of hydrogen-bond acceptors (Lipinski definition) is 3. The van der Waals surface area contributed by atoms with Crippen LogP contribution in [0.2, 0.25) is 0 Å². The maximum Gasteiger partial charge on any atom is 0.0494 e. The Hall–Kier alpha value is -0.870. The lowest BCUT2D eigenvalue weighted by atomic mass is 9.60. The van der Waals surface area contributed by atoms with Crippen LogP contribution >= 0.6 is 0 Å². The van der Waals surface area contributed by atoms with Crippen LogP contribution in [0.4, 0.5) is 0 Å². The van der Waals surface area contributed by atoms with Gasteiger partial charge in [-0.1, -0.05) is 6.42 Å². The molecule has 1 atom stereocenters. The molecular formula is C11H19N3O. The first kappa shape index (κ1) is 10.6. The average Bonchev–Trinajstić information content (AvgIpc) is 2.58. The van der Waals surface area contributed by atoms with Gasteiger partial charge in [-0.3, -0.25) is 4.68 Å². The summed E-state index contributed by atoms with van der Waals surface area (Å²) in [4.78, 5) is 0. The smallest absolute Gasteiger partial charge is 0.0494 e. The molecule has 1 unspecified atom stereocenters. The molecule has 1 saturated carbocycles.